The van der Waals surface area contributed by atoms with Gasteiger partial charge in [-0.05, 0) is 70.5 Å². The van der Waals surface area contributed by atoms with Crippen molar-refractivity contribution in [3.8, 4) is 0 Å². The molecule has 0 aromatic carbocycles. The number of unbranched alkanes of at least 4 members (excludes halogenated alkanes) is 3. The Morgan fingerprint density at radius 1 is 0.882 bits per heavy atom. The highest BCUT2D eigenvalue weighted by Gasteiger charge is 2.28. The van der Waals surface area contributed by atoms with E-state index in [0.29, 0.717) is 0 Å². The zero-order chi connectivity index (χ0) is 11.9. The lowest BCUT2D eigenvalue weighted by atomic mass is 10.2. The van der Waals surface area contributed by atoms with E-state index in [9.17, 15) is 0 Å². The van der Waals surface area contributed by atoms with Crippen LogP contribution in [0.4, 0.5) is 0 Å². The van der Waals surface area contributed by atoms with Crippen molar-refractivity contribution in [3.63, 3.8) is 0 Å². The van der Waals surface area contributed by atoms with Crippen molar-refractivity contribution >= 4 is 0 Å². The summed E-state index contributed by atoms with van der Waals surface area (Å²) in [5.74, 6) is 2.14. The molecule has 0 bridgehead atoms. The molecular weight excluding hydrogens is 208 g/mol. The molecular formula is C15H30N2. The van der Waals surface area contributed by atoms with Crippen LogP contribution in [0.3, 0.4) is 0 Å². The van der Waals surface area contributed by atoms with E-state index in [1.165, 1.54) is 77.5 Å². The van der Waals surface area contributed by atoms with Crippen LogP contribution in [0.15, 0.2) is 0 Å². The number of nitrogens with one attached hydrogen (secondary N) is 1. The lowest BCUT2D eigenvalue weighted by molar-refractivity contribution is 0.246. The van der Waals surface area contributed by atoms with Gasteiger partial charge in [-0.2, -0.15) is 0 Å². The highest BCUT2D eigenvalue weighted by atomic mass is 15.1. The van der Waals surface area contributed by atoms with Crippen LogP contribution in [-0.4, -0.2) is 38.1 Å². The van der Waals surface area contributed by atoms with Crippen LogP contribution in [0.2, 0.25) is 0 Å². The van der Waals surface area contributed by atoms with Gasteiger partial charge in [-0.3, -0.25) is 0 Å². The summed E-state index contributed by atoms with van der Waals surface area (Å²) >= 11 is 0. The van der Waals surface area contributed by atoms with Crippen molar-refractivity contribution in [2.24, 2.45) is 11.8 Å². The summed E-state index contributed by atoms with van der Waals surface area (Å²) in [6, 6.07) is 0. The first-order valence-electron chi connectivity index (χ1n) is 7.75. The van der Waals surface area contributed by atoms with Crippen LogP contribution in [0.5, 0.6) is 0 Å². The Hall–Kier alpha value is -0.0800. The van der Waals surface area contributed by atoms with E-state index in [-0.39, 0.29) is 0 Å². The minimum atomic E-state index is 1.07. The molecule has 17 heavy (non-hydrogen) atoms. The molecule has 2 aliphatic carbocycles. The smallest absolute Gasteiger partial charge is 0.000978 e. The summed E-state index contributed by atoms with van der Waals surface area (Å²) in [4.78, 5) is 2.77. The van der Waals surface area contributed by atoms with Gasteiger partial charge in [0.25, 0.3) is 0 Å². The maximum atomic E-state index is 3.23. The highest BCUT2D eigenvalue weighted by molar-refractivity contribution is 4.82. The number of hydrogen-bond acceptors (Lipinski definition) is 2. The third kappa shape index (κ3) is 6.42. The average Bonchev–Trinajstić information content (AvgIpc) is 3.18. The van der Waals surface area contributed by atoms with E-state index < -0.39 is 0 Å². The maximum Gasteiger partial charge on any atom is 0.000978 e. The highest BCUT2D eigenvalue weighted by Crippen LogP contribution is 2.33. The van der Waals surface area contributed by atoms with Crippen molar-refractivity contribution in [3.05, 3.63) is 0 Å². The minimum absolute atomic E-state index is 1.07. The Balaban J connectivity index is 1.49. The van der Waals surface area contributed by atoms with Crippen LogP contribution in [0.25, 0.3) is 0 Å². The Kier molecular flexibility index (Phi) is 5.79. The molecule has 0 saturated heterocycles. The van der Waals surface area contributed by atoms with Crippen molar-refractivity contribution < 1.29 is 0 Å². The molecule has 2 rings (SSSR count). The van der Waals surface area contributed by atoms with Gasteiger partial charge in [0.2, 0.25) is 0 Å². The van der Waals surface area contributed by atoms with E-state index in [4.69, 9.17) is 0 Å². The predicted molar refractivity (Wildman–Crippen MR) is 74.3 cm³/mol. The van der Waals surface area contributed by atoms with Crippen molar-refractivity contribution in [2.75, 3.05) is 33.2 Å². The van der Waals surface area contributed by atoms with Gasteiger partial charge in [-0.1, -0.05) is 12.8 Å². The third-order valence-electron chi connectivity index (χ3n) is 4.08. The minimum Gasteiger partial charge on any atom is -0.320 e. The molecule has 0 heterocycles. The van der Waals surface area contributed by atoms with Crippen LogP contribution in [-0.2, 0) is 0 Å². The molecule has 0 amide bonds. The fraction of sp³-hybridized carbons (Fsp3) is 1.00. The number of nitrogens with zero attached hydrogens (tertiary/aromatic N) is 1. The summed E-state index contributed by atoms with van der Waals surface area (Å²) in [7, 11) is 2.05. The molecule has 0 spiro atoms. The quantitative estimate of drug-likeness (QED) is 0.557. The molecule has 2 nitrogen and oxygen atoms in total. The molecule has 0 aromatic heterocycles. The molecule has 0 aliphatic heterocycles. The van der Waals surface area contributed by atoms with Crippen LogP contribution >= 0.6 is 0 Å². The largest absolute Gasteiger partial charge is 0.320 e. The van der Waals surface area contributed by atoms with Crippen LogP contribution < -0.4 is 5.32 Å². The van der Waals surface area contributed by atoms with Crippen LogP contribution in [0, 0.1) is 11.8 Å². The molecule has 0 aromatic rings. The second-order valence-corrected chi connectivity index (χ2v) is 6.16. The first-order valence-corrected chi connectivity index (χ1v) is 7.75. The number of hydrogen-bond donors (Lipinski definition) is 1. The van der Waals surface area contributed by atoms with Crippen LogP contribution in [0.1, 0.15) is 51.4 Å². The standard InChI is InChI=1S/C15H30N2/c1-16-10-4-2-3-5-11-17(12-14-6-7-14)13-15-8-9-15/h14-16H,2-13H2,1H3. The molecule has 2 saturated carbocycles. The van der Waals surface area contributed by atoms with E-state index in [1.54, 1.807) is 0 Å². The molecule has 2 heteroatoms. The SMILES string of the molecule is CNCCCCCCN(CC1CC1)CC1CC1. The topological polar surface area (TPSA) is 15.3 Å². The number of rotatable bonds is 11. The van der Waals surface area contributed by atoms with E-state index in [1.807, 2.05) is 7.05 Å². The maximum absolute atomic E-state index is 3.23. The Morgan fingerprint density at radius 3 is 2.00 bits per heavy atom. The van der Waals surface area contributed by atoms with E-state index >= 15 is 0 Å². The first kappa shape index (κ1) is 13.4. The molecule has 1 N–H and O–H groups in total. The molecule has 2 aliphatic rings. The fourth-order valence-electron chi connectivity index (χ4n) is 2.58. The molecule has 2 fully saturated rings. The lowest BCUT2D eigenvalue weighted by Crippen LogP contribution is -2.29. The van der Waals surface area contributed by atoms with Gasteiger partial charge in [0.05, 0.1) is 0 Å². The van der Waals surface area contributed by atoms with Gasteiger partial charge in [-0.15, -0.1) is 0 Å². The Bertz CT molecular complexity index is 183. The first-order chi connectivity index (χ1) is 8.38. The van der Waals surface area contributed by atoms with Gasteiger partial charge in [0, 0.05) is 13.1 Å². The molecule has 0 radical (unpaired) electrons. The third-order valence-corrected chi connectivity index (χ3v) is 4.08. The van der Waals surface area contributed by atoms with Gasteiger partial charge in [0.15, 0.2) is 0 Å². The predicted octanol–water partition coefficient (Wildman–Crippen LogP) is 2.89. The second kappa shape index (κ2) is 7.38. The second-order valence-electron chi connectivity index (χ2n) is 6.16. The van der Waals surface area contributed by atoms with Crippen molar-refractivity contribution in [2.45, 2.75) is 51.4 Å². The Labute approximate surface area is 107 Å². The summed E-state index contributed by atoms with van der Waals surface area (Å²) in [5, 5.41) is 3.23. The lowest BCUT2D eigenvalue weighted by Gasteiger charge is -2.22. The molecule has 100 valence electrons. The normalized spacial score (nSPS) is 20.1. The Morgan fingerprint density at radius 2 is 1.47 bits per heavy atom. The summed E-state index contributed by atoms with van der Waals surface area (Å²) in [5.41, 5.74) is 0. The summed E-state index contributed by atoms with van der Waals surface area (Å²) < 4.78 is 0. The van der Waals surface area contributed by atoms with Gasteiger partial charge >= 0.3 is 0 Å². The van der Waals surface area contributed by atoms with E-state index in [2.05, 4.69) is 10.2 Å². The van der Waals surface area contributed by atoms with Gasteiger partial charge in [0.1, 0.15) is 0 Å². The van der Waals surface area contributed by atoms with Crippen molar-refractivity contribution in [1.82, 2.24) is 10.2 Å². The summed E-state index contributed by atoms with van der Waals surface area (Å²) in [6.07, 6.45) is 11.6. The molecule has 0 unspecified atom stereocenters. The van der Waals surface area contributed by atoms with Crippen molar-refractivity contribution in [1.29, 1.82) is 0 Å². The zero-order valence-electron chi connectivity index (χ0n) is 11.6. The summed E-state index contributed by atoms with van der Waals surface area (Å²) in [6.45, 7) is 5.38. The van der Waals surface area contributed by atoms with Gasteiger partial charge in [-0.25, -0.2) is 0 Å². The molecule has 0 atom stereocenters. The monoisotopic (exact) mass is 238 g/mol. The average molecular weight is 238 g/mol. The zero-order valence-corrected chi connectivity index (χ0v) is 11.6. The van der Waals surface area contributed by atoms with E-state index in [0.717, 1.165) is 11.8 Å². The fourth-order valence-corrected chi connectivity index (χ4v) is 2.58. The van der Waals surface area contributed by atoms with Gasteiger partial charge < -0.3 is 10.2 Å².